The van der Waals surface area contributed by atoms with E-state index < -0.39 is 11.6 Å². The number of benzene rings is 1. The van der Waals surface area contributed by atoms with Crippen LogP contribution in [0, 0.1) is 0 Å². The molecule has 0 aliphatic heterocycles. The van der Waals surface area contributed by atoms with Crippen molar-refractivity contribution in [2.45, 2.75) is 18.9 Å². The summed E-state index contributed by atoms with van der Waals surface area (Å²) in [6.45, 7) is -0.310. The molecule has 0 radical (unpaired) electrons. The highest BCUT2D eigenvalue weighted by molar-refractivity contribution is 5.76. The summed E-state index contributed by atoms with van der Waals surface area (Å²) in [4.78, 5) is 36.7. The molecule has 1 aliphatic rings. The number of imidazole rings is 1. The number of hydrogen-bond acceptors (Lipinski definition) is 9. The van der Waals surface area contributed by atoms with Crippen LogP contribution >= 0.6 is 0 Å². The van der Waals surface area contributed by atoms with Crippen molar-refractivity contribution in [3.63, 3.8) is 0 Å². The number of aromatic nitrogens is 5. The summed E-state index contributed by atoms with van der Waals surface area (Å²) < 4.78 is 6.88. The van der Waals surface area contributed by atoms with Gasteiger partial charge in [0.25, 0.3) is 5.91 Å². The van der Waals surface area contributed by atoms with E-state index in [1.54, 1.807) is 47.1 Å². The van der Waals surface area contributed by atoms with Crippen molar-refractivity contribution in [1.29, 1.82) is 0 Å². The van der Waals surface area contributed by atoms with Gasteiger partial charge in [-0.15, -0.1) is 0 Å². The third kappa shape index (κ3) is 4.59. The second-order valence-corrected chi connectivity index (χ2v) is 7.65. The molecule has 0 spiro atoms. The highest BCUT2D eigenvalue weighted by Crippen LogP contribution is 2.23. The predicted molar refractivity (Wildman–Crippen MR) is 119 cm³/mol. The number of carbonyl (C=O) groups is 1. The average molecular weight is 464 g/mol. The van der Waals surface area contributed by atoms with Crippen LogP contribution in [0.2, 0.25) is 0 Å². The molecule has 1 amide bonds. The minimum absolute atomic E-state index is 0.214. The maximum absolute atomic E-state index is 11.5. The number of fused-ring (bicyclic) bond motifs is 1. The highest BCUT2D eigenvalue weighted by atomic mass is 16.5. The summed E-state index contributed by atoms with van der Waals surface area (Å²) in [6, 6.07) is 8.87. The Morgan fingerprint density at radius 3 is 2.76 bits per heavy atom. The van der Waals surface area contributed by atoms with Crippen molar-refractivity contribution < 1.29 is 19.8 Å². The van der Waals surface area contributed by atoms with Gasteiger partial charge in [0.05, 0.1) is 12.2 Å². The lowest BCUT2D eigenvalue weighted by Crippen LogP contribution is -2.25. The van der Waals surface area contributed by atoms with E-state index in [0.29, 0.717) is 33.6 Å². The zero-order valence-corrected chi connectivity index (χ0v) is 17.6. The third-order valence-electron chi connectivity index (χ3n) is 5.00. The molecular weight excluding hydrogens is 444 g/mol. The number of nitrogens with one attached hydrogen (secondary N) is 4. The van der Waals surface area contributed by atoms with Gasteiger partial charge in [0.15, 0.2) is 17.7 Å². The van der Waals surface area contributed by atoms with Gasteiger partial charge in [-0.2, -0.15) is 9.61 Å². The third-order valence-corrected chi connectivity index (χ3v) is 5.00. The fourth-order valence-electron chi connectivity index (χ4n) is 3.22. The molecule has 34 heavy (non-hydrogen) atoms. The fraction of sp³-hybridized carbons (Fsp3) is 0.190. The largest absolute Gasteiger partial charge is 0.493 e. The molecule has 1 saturated carbocycles. The second-order valence-electron chi connectivity index (χ2n) is 7.65. The smallest absolute Gasteiger partial charge is 0.326 e. The topological polar surface area (TPSA) is 182 Å². The summed E-state index contributed by atoms with van der Waals surface area (Å²) in [5.74, 6) is 0.0366. The Labute approximate surface area is 190 Å². The first kappa shape index (κ1) is 21.2. The SMILES string of the molecule is O=C(COc1ccc(Nc2cc(=NC3CC3)n3nc/c(=C/c4[nH]c(=O)[nH]c4O)c3n2)cc1)NO. The van der Waals surface area contributed by atoms with E-state index in [4.69, 9.17) is 14.9 Å². The van der Waals surface area contributed by atoms with Crippen molar-refractivity contribution >= 4 is 29.1 Å². The molecule has 0 unspecified atom stereocenters. The average Bonchev–Trinajstić information content (AvgIpc) is 3.46. The van der Waals surface area contributed by atoms with Gasteiger partial charge in [-0.05, 0) is 43.2 Å². The normalized spacial score (nSPS) is 14.5. The summed E-state index contributed by atoms with van der Waals surface area (Å²) in [6.07, 6.45) is 5.18. The first-order valence-electron chi connectivity index (χ1n) is 10.4. The standard InChI is InChI=1S/C21H20N8O5/c30-18(28-33)10-34-14-5-3-12(4-6-14)23-16-8-17(24-13-1-2-13)29-19(26-16)11(9-22-29)7-15-20(31)27-21(32)25-15/h3-9,13,23,31,33H,1-2,10H2,(H,28,30)(H2,25,27,32)/b11-7-,24-17?. The maximum Gasteiger partial charge on any atom is 0.326 e. The number of hydrogen-bond donors (Lipinski definition) is 6. The summed E-state index contributed by atoms with van der Waals surface area (Å²) in [7, 11) is 0. The monoisotopic (exact) mass is 464 g/mol. The molecule has 0 saturated heterocycles. The molecular formula is C21H20N8O5. The van der Waals surface area contributed by atoms with E-state index in [2.05, 4.69) is 25.4 Å². The van der Waals surface area contributed by atoms with Gasteiger partial charge in [0.2, 0.25) is 5.88 Å². The molecule has 13 heteroatoms. The van der Waals surface area contributed by atoms with E-state index in [1.807, 2.05) is 0 Å². The van der Waals surface area contributed by atoms with Crippen LogP contribution in [0.4, 0.5) is 11.5 Å². The summed E-state index contributed by atoms with van der Waals surface area (Å²) in [5.41, 5.74) is 3.02. The molecule has 1 fully saturated rings. The zero-order valence-electron chi connectivity index (χ0n) is 17.6. The van der Waals surface area contributed by atoms with Crippen LogP contribution in [0.15, 0.2) is 46.3 Å². The molecule has 13 nitrogen and oxygen atoms in total. The van der Waals surface area contributed by atoms with Crippen LogP contribution in [0.25, 0.3) is 11.7 Å². The number of amides is 1. The summed E-state index contributed by atoms with van der Waals surface area (Å²) >= 11 is 0. The van der Waals surface area contributed by atoms with Crippen LogP contribution in [-0.2, 0) is 4.79 Å². The predicted octanol–water partition coefficient (Wildman–Crippen LogP) is -0.310. The molecule has 4 aromatic rings. The van der Waals surface area contributed by atoms with E-state index in [1.165, 1.54) is 5.48 Å². The van der Waals surface area contributed by atoms with Crippen LogP contribution in [-0.4, -0.2) is 53.4 Å². The Balaban J connectivity index is 1.49. The number of H-pyrrole nitrogens is 2. The van der Waals surface area contributed by atoms with Crippen molar-refractivity contribution in [2.24, 2.45) is 4.99 Å². The van der Waals surface area contributed by atoms with Crippen LogP contribution in [0.3, 0.4) is 0 Å². The van der Waals surface area contributed by atoms with E-state index in [-0.39, 0.29) is 24.2 Å². The van der Waals surface area contributed by atoms with Gasteiger partial charge in [-0.1, -0.05) is 0 Å². The van der Waals surface area contributed by atoms with Gasteiger partial charge >= 0.3 is 5.69 Å². The minimum Gasteiger partial charge on any atom is -0.493 e. The van der Waals surface area contributed by atoms with Crippen molar-refractivity contribution in [3.05, 3.63) is 63.4 Å². The molecule has 3 heterocycles. The van der Waals surface area contributed by atoms with Crippen LogP contribution < -0.4 is 31.9 Å². The molecule has 1 aromatic carbocycles. The van der Waals surface area contributed by atoms with Gasteiger partial charge in [-0.25, -0.2) is 15.3 Å². The number of aromatic amines is 2. The van der Waals surface area contributed by atoms with Gasteiger partial charge in [0, 0.05) is 17.0 Å². The van der Waals surface area contributed by atoms with Crippen molar-refractivity contribution in [2.75, 3.05) is 11.9 Å². The Kier molecular flexibility index (Phi) is 5.43. The first-order valence-corrected chi connectivity index (χ1v) is 10.4. The number of anilines is 2. The highest BCUT2D eigenvalue weighted by Gasteiger charge is 2.20. The number of ether oxygens (including phenoxy) is 1. The number of aromatic hydroxyl groups is 1. The Morgan fingerprint density at radius 1 is 1.29 bits per heavy atom. The lowest BCUT2D eigenvalue weighted by Gasteiger charge is -2.08. The van der Waals surface area contributed by atoms with Gasteiger partial charge in [-0.3, -0.25) is 20.0 Å². The second kappa shape index (κ2) is 8.71. The summed E-state index contributed by atoms with van der Waals surface area (Å²) in [5, 5.41) is 26.6. The molecule has 0 bridgehead atoms. The fourth-order valence-corrected chi connectivity index (χ4v) is 3.22. The van der Waals surface area contributed by atoms with E-state index in [9.17, 15) is 14.7 Å². The molecule has 6 N–H and O–H groups in total. The van der Waals surface area contributed by atoms with Crippen LogP contribution in [0.5, 0.6) is 11.6 Å². The minimum atomic E-state index is -0.655. The molecule has 1 aliphatic carbocycles. The van der Waals surface area contributed by atoms with Crippen molar-refractivity contribution in [1.82, 2.24) is 30.0 Å². The first-order chi connectivity index (χ1) is 16.5. The molecule has 3 aromatic heterocycles. The quantitative estimate of drug-likeness (QED) is 0.159. The Morgan fingerprint density at radius 2 is 2.09 bits per heavy atom. The zero-order chi connectivity index (χ0) is 23.7. The lowest BCUT2D eigenvalue weighted by atomic mass is 10.3. The number of carbonyl (C=O) groups excluding carboxylic acids is 1. The molecule has 174 valence electrons. The maximum atomic E-state index is 11.5. The Hall–Kier alpha value is -4.65. The van der Waals surface area contributed by atoms with Gasteiger partial charge < -0.3 is 20.1 Å². The number of nitrogens with zero attached hydrogens (tertiary/aromatic N) is 4. The van der Waals surface area contributed by atoms with Gasteiger partial charge in [0.1, 0.15) is 17.3 Å². The number of hydroxylamine groups is 1. The van der Waals surface area contributed by atoms with Crippen molar-refractivity contribution in [3.8, 4) is 11.6 Å². The Bertz CT molecular complexity index is 1530. The lowest BCUT2D eigenvalue weighted by molar-refractivity contribution is -0.131. The number of rotatable bonds is 7. The van der Waals surface area contributed by atoms with E-state index in [0.717, 1.165) is 12.8 Å². The molecule has 5 rings (SSSR count). The van der Waals surface area contributed by atoms with E-state index >= 15 is 0 Å². The molecule has 0 atom stereocenters. The van der Waals surface area contributed by atoms with Crippen LogP contribution in [0.1, 0.15) is 18.5 Å².